The maximum atomic E-state index is 5.94. The van der Waals surface area contributed by atoms with Crippen molar-refractivity contribution in [2.75, 3.05) is 0 Å². The Morgan fingerprint density at radius 2 is 2.21 bits per heavy atom. The summed E-state index contributed by atoms with van der Waals surface area (Å²) in [5.41, 5.74) is 1.32. The van der Waals surface area contributed by atoms with Crippen LogP contribution in [0.1, 0.15) is 44.1 Å². The molecule has 1 aromatic heterocycles. The molecule has 0 saturated heterocycles. The van der Waals surface area contributed by atoms with E-state index in [4.69, 9.17) is 11.6 Å². The highest BCUT2D eigenvalue weighted by molar-refractivity contribution is 6.30. The third kappa shape index (κ3) is 2.27. The van der Waals surface area contributed by atoms with Crippen LogP contribution >= 0.6 is 11.6 Å². The molecule has 1 aliphatic carbocycles. The first-order valence-electron chi connectivity index (χ1n) is 5.36. The number of halogens is 1. The van der Waals surface area contributed by atoms with Gasteiger partial charge in [-0.15, -0.1) is 0 Å². The highest BCUT2D eigenvalue weighted by Gasteiger charge is 2.20. The normalized spacial score (nSPS) is 27.6. The summed E-state index contributed by atoms with van der Waals surface area (Å²) < 4.78 is 0. The average Bonchev–Trinajstić information content (AvgIpc) is 2.18. The predicted molar refractivity (Wildman–Crippen MR) is 59.6 cm³/mol. The number of nitrogens with zero attached hydrogens (tertiary/aromatic N) is 1. The Hall–Kier alpha value is -0.560. The minimum absolute atomic E-state index is 0.685. The topological polar surface area (TPSA) is 12.9 Å². The van der Waals surface area contributed by atoms with E-state index in [9.17, 15) is 0 Å². The zero-order valence-electron chi connectivity index (χ0n) is 8.54. The van der Waals surface area contributed by atoms with Crippen molar-refractivity contribution in [1.82, 2.24) is 4.98 Å². The van der Waals surface area contributed by atoms with E-state index >= 15 is 0 Å². The van der Waals surface area contributed by atoms with Gasteiger partial charge in [0.15, 0.2) is 0 Å². The van der Waals surface area contributed by atoms with E-state index in [1.165, 1.54) is 31.2 Å². The molecule has 2 atom stereocenters. The van der Waals surface area contributed by atoms with Crippen LogP contribution in [0.5, 0.6) is 0 Å². The van der Waals surface area contributed by atoms with Gasteiger partial charge in [-0.1, -0.05) is 31.4 Å². The van der Waals surface area contributed by atoms with Crippen molar-refractivity contribution in [3.63, 3.8) is 0 Å². The van der Waals surface area contributed by atoms with Gasteiger partial charge in [-0.3, -0.25) is 4.98 Å². The molecule has 14 heavy (non-hydrogen) atoms. The van der Waals surface area contributed by atoms with Crippen molar-refractivity contribution >= 4 is 11.6 Å². The van der Waals surface area contributed by atoms with Crippen LogP contribution in [0.3, 0.4) is 0 Å². The van der Waals surface area contributed by atoms with Crippen molar-refractivity contribution in [2.45, 2.75) is 38.5 Å². The number of rotatable bonds is 1. The van der Waals surface area contributed by atoms with Crippen LogP contribution in [0.2, 0.25) is 5.02 Å². The van der Waals surface area contributed by atoms with Crippen LogP contribution in [0.4, 0.5) is 0 Å². The van der Waals surface area contributed by atoms with E-state index in [0.717, 1.165) is 10.9 Å². The van der Waals surface area contributed by atoms with Crippen molar-refractivity contribution in [1.29, 1.82) is 0 Å². The standard InChI is InChI=1S/C12H16ClN/c1-9-3-2-4-10(5-9)11-6-12(13)8-14-7-11/h6-10H,2-5H2,1H3. The van der Waals surface area contributed by atoms with Crippen LogP contribution < -0.4 is 0 Å². The molecule has 1 saturated carbocycles. The summed E-state index contributed by atoms with van der Waals surface area (Å²) in [6.07, 6.45) is 8.99. The second kappa shape index (κ2) is 4.31. The molecule has 76 valence electrons. The maximum Gasteiger partial charge on any atom is 0.0592 e. The van der Waals surface area contributed by atoms with E-state index < -0.39 is 0 Å². The molecule has 1 heterocycles. The summed E-state index contributed by atoms with van der Waals surface area (Å²) in [7, 11) is 0. The first-order valence-corrected chi connectivity index (χ1v) is 5.74. The highest BCUT2D eigenvalue weighted by atomic mass is 35.5. The molecule has 0 spiro atoms. The lowest BCUT2D eigenvalue weighted by Crippen LogP contribution is -2.11. The molecule has 1 fully saturated rings. The van der Waals surface area contributed by atoms with Gasteiger partial charge in [0.1, 0.15) is 0 Å². The van der Waals surface area contributed by atoms with Crippen LogP contribution in [-0.4, -0.2) is 4.98 Å². The van der Waals surface area contributed by atoms with Gasteiger partial charge < -0.3 is 0 Å². The fourth-order valence-electron chi connectivity index (χ4n) is 2.39. The molecule has 2 rings (SSSR count). The van der Waals surface area contributed by atoms with Gasteiger partial charge >= 0.3 is 0 Å². The Balaban J connectivity index is 2.14. The van der Waals surface area contributed by atoms with Gasteiger partial charge in [0.2, 0.25) is 0 Å². The van der Waals surface area contributed by atoms with E-state index in [1.807, 2.05) is 6.20 Å². The zero-order chi connectivity index (χ0) is 9.97. The molecule has 2 unspecified atom stereocenters. The van der Waals surface area contributed by atoms with Gasteiger partial charge in [-0.2, -0.15) is 0 Å². The second-order valence-electron chi connectivity index (χ2n) is 4.41. The highest BCUT2D eigenvalue weighted by Crippen LogP contribution is 2.36. The van der Waals surface area contributed by atoms with Gasteiger partial charge in [-0.25, -0.2) is 0 Å². The minimum atomic E-state index is 0.685. The Morgan fingerprint density at radius 1 is 1.36 bits per heavy atom. The second-order valence-corrected chi connectivity index (χ2v) is 4.84. The molecule has 0 radical (unpaired) electrons. The summed E-state index contributed by atoms with van der Waals surface area (Å²) in [6, 6.07) is 2.07. The zero-order valence-corrected chi connectivity index (χ0v) is 9.30. The fourth-order valence-corrected chi connectivity index (χ4v) is 2.57. The quantitative estimate of drug-likeness (QED) is 0.681. The largest absolute Gasteiger partial charge is 0.263 e. The van der Waals surface area contributed by atoms with Gasteiger partial charge in [0.25, 0.3) is 0 Å². The van der Waals surface area contributed by atoms with Crippen molar-refractivity contribution in [3.8, 4) is 0 Å². The Morgan fingerprint density at radius 3 is 2.93 bits per heavy atom. The Labute approximate surface area is 90.5 Å². The lowest BCUT2D eigenvalue weighted by atomic mass is 9.79. The third-order valence-electron chi connectivity index (χ3n) is 3.13. The lowest BCUT2D eigenvalue weighted by molar-refractivity contribution is 0.343. The smallest absolute Gasteiger partial charge is 0.0592 e. The molecular formula is C12H16ClN. The summed E-state index contributed by atoms with van der Waals surface area (Å²) in [4.78, 5) is 4.15. The van der Waals surface area contributed by atoms with E-state index in [-0.39, 0.29) is 0 Å². The van der Waals surface area contributed by atoms with Crippen LogP contribution in [0.15, 0.2) is 18.5 Å². The third-order valence-corrected chi connectivity index (χ3v) is 3.34. The van der Waals surface area contributed by atoms with Gasteiger partial charge in [-0.05, 0) is 36.3 Å². The fraction of sp³-hybridized carbons (Fsp3) is 0.583. The number of hydrogen-bond donors (Lipinski definition) is 0. The molecule has 0 aliphatic heterocycles. The molecule has 1 nitrogen and oxygen atoms in total. The van der Waals surface area contributed by atoms with Crippen molar-refractivity contribution < 1.29 is 0 Å². The molecule has 1 aromatic rings. The summed E-state index contributed by atoms with van der Waals surface area (Å²) >= 11 is 5.94. The van der Waals surface area contributed by atoms with E-state index in [1.54, 1.807) is 6.20 Å². The van der Waals surface area contributed by atoms with Crippen molar-refractivity contribution in [3.05, 3.63) is 29.0 Å². The lowest BCUT2D eigenvalue weighted by Gasteiger charge is -2.26. The number of aromatic nitrogens is 1. The van der Waals surface area contributed by atoms with Gasteiger partial charge in [0, 0.05) is 12.4 Å². The first-order chi connectivity index (χ1) is 6.75. The summed E-state index contributed by atoms with van der Waals surface area (Å²) in [5, 5.41) is 0.765. The Kier molecular flexibility index (Phi) is 3.07. The van der Waals surface area contributed by atoms with E-state index in [2.05, 4.69) is 18.0 Å². The van der Waals surface area contributed by atoms with Crippen LogP contribution in [0, 0.1) is 5.92 Å². The van der Waals surface area contributed by atoms with Gasteiger partial charge in [0.05, 0.1) is 5.02 Å². The maximum absolute atomic E-state index is 5.94. The van der Waals surface area contributed by atoms with Crippen molar-refractivity contribution in [2.24, 2.45) is 5.92 Å². The first kappa shape index (κ1) is 9.97. The molecule has 2 heteroatoms. The Bertz CT molecular complexity index is 311. The monoisotopic (exact) mass is 209 g/mol. The van der Waals surface area contributed by atoms with E-state index in [0.29, 0.717) is 5.92 Å². The van der Waals surface area contributed by atoms with Crippen LogP contribution in [0.25, 0.3) is 0 Å². The SMILES string of the molecule is CC1CCCC(c2cncc(Cl)c2)C1. The van der Waals surface area contributed by atoms with Crippen LogP contribution in [-0.2, 0) is 0 Å². The average molecular weight is 210 g/mol. The summed E-state index contributed by atoms with van der Waals surface area (Å²) in [5.74, 6) is 1.54. The molecule has 0 aromatic carbocycles. The molecule has 0 N–H and O–H groups in total. The minimum Gasteiger partial charge on any atom is -0.263 e. The molecule has 0 bridgehead atoms. The number of pyridine rings is 1. The predicted octanol–water partition coefficient (Wildman–Crippen LogP) is 4.03. The molecule has 1 aliphatic rings. The molecular weight excluding hydrogens is 194 g/mol. The number of hydrogen-bond acceptors (Lipinski definition) is 1. The molecule has 0 amide bonds. The summed E-state index contributed by atoms with van der Waals surface area (Å²) in [6.45, 7) is 2.34.